The standard InChI is InChI=1S/C15H18BrNS/c1-2-17-15(7-6-12-8-9-18-11-12)13-4-3-5-14(16)10-13/h3-5,8-11,15,17H,2,6-7H2,1H3. The van der Waals surface area contributed by atoms with E-state index in [0.717, 1.165) is 23.9 Å². The topological polar surface area (TPSA) is 12.0 Å². The van der Waals surface area contributed by atoms with Gasteiger partial charge < -0.3 is 5.32 Å². The lowest BCUT2D eigenvalue weighted by molar-refractivity contribution is 0.515. The molecule has 1 unspecified atom stereocenters. The quantitative estimate of drug-likeness (QED) is 0.805. The molecule has 0 saturated carbocycles. The van der Waals surface area contributed by atoms with Crippen LogP contribution < -0.4 is 5.32 Å². The van der Waals surface area contributed by atoms with E-state index in [4.69, 9.17) is 0 Å². The van der Waals surface area contributed by atoms with Crippen LogP contribution >= 0.6 is 27.3 Å². The first kappa shape index (κ1) is 13.8. The van der Waals surface area contributed by atoms with Crippen LogP contribution in [0.25, 0.3) is 0 Å². The summed E-state index contributed by atoms with van der Waals surface area (Å²) in [7, 11) is 0. The van der Waals surface area contributed by atoms with Crippen LogP contribution in [0, 0.1) is 0 Å². The molecular formula is C15H18BrNS. The second-order valence-corrected chi connectivity index (χ2v) is 6.03. The maximum Gasteiger partial charge on any atom is 0.0323 e. The predicted octanol–water partition coefficient (Wildman–Crippen LogP) is 4.79. The summed E-state index contributed by atoms with van der Waals surface area (Å²) in [5.41, 5.74) is 2.80. The molecule has 0 spiro atoms. The van der Waals surface area contributed by atoms with E-state index in [1.54, 1.807) is 11.3 Å². The van der Waals surface area contributed by atoms with E-state index in [-0.39, 0.29) is 0 Å². The van der Waals surface area contributed by atoms with E-state index in [2.05, 4.69) is 69.3 Å². The van der Waals surface area contributed by atoms with Crippen molar-refractivity contribution in [1.29, 1.82) is 0 Å². The Labute approximate surface area is 121 Å². The van der Waals surface area contributed by atoms with Crippen LogP contribution in [-0.4, -0.2) is 6.54 Å². The Hall–Kier alpha value is -0.640. The van der Waals surface area contributed by atoms with Crippen LogP contribution in [0.3, 0.4) is 0 Å². The molecule has 0 saturated heterocycles. The number of aryl methyl sites for hydroxylation is 1. The van der Waals surface area contributed by atoms with Crippen molar-refractivity contribution in [3.8, 4) is 0 Å². The van der Waals surface area contributed by atoms with Crippen molar-refractivity contribution >= 4 is 27.3 Å². The van der Waals surface area contributed by atoms with Crippen molar-refractivity contribution in [2.24, 2.45) is 0 Å². The van der Waals surface area contributed by atoms with E-state index >= 15 is 0 Å². The molecule has 96 valence electrons. The lowest BCUT2D eigenvalue weighted by Gasteiger charge is -2.18. The lowest BCUT2D eigenvalue weighted by Crippen LogP contribution is -2.21. The summed E-state index contributed by atoms with van der Waals surface area (Å²) in [6.45, 7) is 3.16. The SMILES string of the molecule is CCNC(CCc1ccsc1)c1cccc(Br)c1. The molecule has 0 aliphatic rings. The van der Waals surface area contributed by atoms with Crippen molar-refractivity contribution in [3.05, 3.63) is 56.7 Å². The number of benzene rings is 1. The zero-order valence-electron chi connectivity index (χ0n) is 10.5. The smallest absolute Gasteiger partial charge is 0.0323 e. The van der Waals surface area contributed by atoms with Gasteiger partial charge in [0.15, 0.2) is 0 Å². The maximum absolute atomic E-state index is 3.57. The van der Waals surface area contributed by atoms with Crippen LogP contribution in [0.5, 0.6) is 0 Å². The van der Waals surface area contributed by atoms with Crippen molar-refractivity contribution in [2.75, 3.05) is 6.54 Å². The zero-order chi connectivity index (χ0) is 12.8. The fourth-order valence-corrected chi connectivity index (χ4v) is 3.22. The molecule has 18 heavy (non-hydrogen) atoms. The Balaban J connectivity index is 2.03. The van der Waals surface area contributed by atoms with Gasteiger partial charge >= 0.3 is 0 Å². The van der Waals surface area contributed by atoms with E-state index < -0.39 is 0 Å². The third-order valence-electron chi connectivity index (χ3n) is 3.00. The van der Waals surface area contributed by atoms with Gasteiger partial charge in [-0.25, -0.2) is 0 Å². The highest BCUT2D eigenvalue weighted by Gasteiger charge is 2.10. The molecule has 0 fully saturated rings. The highest BCUT2D eigenvalue weighted by atomic mass is 79.9. The molecular weight excluding hydrogens is 306 g/mol. The molecule has 1 aromatic heterocycles. The Morgan fingerprint density at radius 1 is 1.33 bits per heavy atom. The minimum absolute atomic E-state index is 0.437. The van der Waals surface area contributed by atoms with E-state index in [1.807, 2.05) is 0 Å². The molecule has 1 heterocycles. The summed E-state index contributed by atoms with van der Waals surface area (Å²) >= 11 is 5.32. The van der Waals surface area contributed by atoms with Crippen molar-refractivity contribution in [3.63, 3.8) is 0 Å². The average Bonchev–Trinajstić information content (AvgIpc) is 2.87. The summed E-state index contributed by atoms with van der Waals surface area (Å²) in [6.07, 6.45) is 2.27. The summed E-state index contributed by atoms with van der Waals surface area (Å²) in [4.78, 5) is 0. The average molecular weight is 324 g/mol. The maximum atomic E-state index is 3.57. The highest BCUT2D eigenvalue weighted by molar-refractivity contribution is 9.10. The second-order valence-electron chi connectivity index (χ2n) is 4.34. The Morgan fingerprint density at radius 3 is 2.89 bits per heavy atom. The largest absolute Gasteiger partial charge is 0.310 e. The minimum atomic E-state index is 0.437. The van der Waals surface area contributed by atoms with Gasteiger partial charge in [-0.3, -0.25) is 0 Å². The third kappa shape index (κ3) is 3.94. The molecule has 0 radical (unpaired) electrons. The van der Waals surface area contributed by atoms with Gasteiger partial charge in [0.1, 0.15) is 0 Å². The zero-order valence-corrected chi connectivity index (χ0v) is 12.9. The fourth-order valence-electron chi connectivity index (χ4n) is 2.10. The van der Waals surface area contributed by atoms with Crippen LogP contribution in [0.1, 0.15) is 30.5 Å². The van der Waals surface area contributed by atoms with Gasteiger partial charge in [-0.15, -0.1) is 0 Å². The first-order valence-electron chi connectivity index (χ1n) is 6.29. The van der Waals surface area contributed by atoms with Gasteiger partial charge in [-0.2, -0.15) is 11.3 Å². The molecule has 2 aromatic rings. The van der Waals surface area contributed by atoms with Crippen LogP contribution in [-0.2, 0) is 6.42 Å². The fraction of sp³-hybridized carbons (Fsp3) is 0.333. The molecule has 1 aromatic carbocycles. The molecule has 3 heteroatoms. The van der Waals surface area contributed by atoms with Gasteiger partial charge in [-0.05, 0) is 59.5 Å². The Kier molecular flexibility index (Phi) is 5.42. The molecule has 0 aliphatic heterocycles. The predicted molar refractivity (Wildman–Crippen MR) is 83.2 cm³/mol. The molecule has 1 nitrogen and oxygen atoms in total. The molecule has 0 aliphatic carbocycles. The summed E-state index contributed by atoms with van der Waals surface area (Å²) in [5, 5.41) is 7.96. The van der Waals surface area contributed by atoms with Crippen LogP contribution in [0.4, 0.5) is 0 Å². The molecule has 2 rings (SSSR count). The number of hydrogen-bond acceptors (Lipinski definition) is 2. The third-order valence-corrected chi connectivity index (χ3v) is 4.23. The Morgan fingerprint density at radius 2 is 2.22 bits per heavy atom. The summed E-state index contributed by atoms with van der Waals surface area (Å²) < 4.78 is 1.15. The van der Waals surface area contributed by atoms with Gasteiger partial charge in [0.25, 0.3) is 0 Å². The molecule has 0 amide bonds. The normalized spacial score (nSPS) is 12.6. The van der Waals surface area contributed by atoms with E-state index in [9.17, 15) is 0 Å². The van der Waals surface area contributed by atoms with E-state index in [0.29, 0.717) is 6.04 Å². The highest BCUT2D eigenvalue weighted by Crippen LogP contribution is 2.23. The van der Waals surface area contributed by atoms with Crippen molar-refractivity contribution in [1.82, 2.24) is 5.32 Å². The molecule has 1 atom stereocenters. The van der Waals surface area contributed by atoms with Gasteiger partial charge in [-0.1, -0.05) is 35.0 Å². The molecule has 1 N–H and O–H groups in total. The van der Waals surface area contributed by atoms with Crippen LogP contribution in [0.15, 0.2) is 45.6 Å². The Bertz CT molecular complexity index is 467. The van der Waals surface area contributed by atoms with Crippen LogP contribution in [0.2, 0.25) is 0 Å². The first-order valence-corrected chi connectivity index (χ1v) is 8.03. The van der Waals surface area contributed by atoms with Gasteiger partial charge in [0.05, 0.1) is 0 Å². The van der Waals surface area contributed by atoms with Gasteiger partial charge in [0, 0.05) is 10.5 Å². The number of hydrogen-bond donors (Lipinski definition) is 1. The van der Waals surface area contributed by atoms with E-state index in [1.165, 1.54) is 11.1 Å². The number of halogens is 1. The second kappa shape index (κ2) is 7.07. The summed E-state index contributed by atoms with van der Waals surface area (Å²) in [6, 6.07) is 11.2. The summed E-state index contributed by atoms with van der Waals surface area (Å²) in [5.74, 6) is 0. The van der Waals surface area contributed by atoms with Crippen molar-refractivity contribution < 1.29 is 0 Å². The lowest BCUT2D eigenvalue weighted by atomic mass is 10.00. The monoisotopic (exact) mass is 323 g/mol. The minimum Gasteiger partial charge on any atom is -0.310 e. The first-order chi connectivity index (χ1) is 8.79. The van der Waals surface area contributed by atoms with Crippen molar-refractivity contribution in [2.45, 2.75) is 25.8 Å². The number of nitrogens with one attached hydrogen (secondary N) is 1. The molecule has 0 bridgehead atoms. The number of rotatable bonds is 6. The van der Waals surface area contributed by atoms with Gasteiger partial charge in [0.2, 0.25) is 0 Å². The number of thiophene rings is 1.